The minimum atomic E-state index is -1.13. The maximum atomic E-state index is 15.3. The number of fused-ring (bicyclic) bond motifs is 1. The average molecular weight is 724 g/mol. The largest absolute Gasteiger partial charge is 0.478 e. The molecule has 0 fully saturated rings. The molecule has 5 aromatic rings. The zero-order valence-corrected chi connectivity index (χ0v) is 28.4. The highest BCUT2D eigenvalue weighted by Crippen LogP contribution is 2.37. The van der Waals surface area contributed by atoms with Gasteiger partial charge in [0.1, 0.15) is 12.4 Å². The van der Waals surface area contributed by atoms with E-state index in [1.807, 2.05) is 18.2 Å². The Balaban J connectivity index is 1.35. The molecule has 264 valence electrons. The number of nitrogens with one attached hydrogen (secondary N) is 2. The third kappa shape index (κ3) is 7.57. The van der Waals surface area contributed by atoms with Crippen LogP contribution in [0.1, 0.15) is 43.4 Å². The molecule has 1 aromatic heterocycles. The Morgan fingerprint density at radius 1 is 1.02 bits per heavy atom. The van der Waals surface area contributed by atoms with Crippen LogP contribution in [0.15, 0.2) is 91.3 Å². The van der Waals surface area contributed by atoms with Crippen molar-refractivity contribution in [3.05, 3.63) is 130 Å². The average Bonchev–Trinajstić information content (AvgIpc) is 3.70. The first-order chi connectivity index (χ1) is 25.2. The molecule has 0 spiro atoms. The molecule has 0 aliphatic carbocycles. The highest BCUT2D eigenvalue weighted by molar-refractivity contribution is 6.31. The number of tetrazole rings is 1. The second kappa shape index (κ2) is 15.7. The van der Waals surface area contributed by atoms with Crippen LogP contribution in [0, 0.1) is 5.82 Å². The van der Waals surface area contributed by atoms with Gasteiger partial charge in [0.05, 0.1) is 22.9 Å². The molecule has 4 aromatic carbocycles. The van der Waals surface area contributed by atoms with Gasteiger partial charge in [0.25, 0.3) is 11.8 Å². The summed E-state index contributed by atoms with van der Waals surface area (Å²) in [6.45, 7) is 0.882. The Labute approximate surface area is 301 Å². The zero-order valence-electron chi connectivity index (χ0n) is 27.6. The number of ether oxygens (including phenoxy) is 1. The van der Waals surface area contributed by atoms with Crippen molar-refractivity contribution in [3.63, 3.8) is 0 Å². The standard InChI is InChI=1S/C37H31ClFN7O6/c1-52-20-18-40-35(48)23-7-5-22(6-8-23)26-3-2-4-28-27(26)17-19-45(34(28)36(49)42-25-11-9-24(10-12-25)37(50)51)32(47)16-13-29-31(46-21-41-43-44-46)15-14-30(38)33(29)39/h2-16,21,34H,17-20H2,1H3,(H,40,48)(H,42,49)(H,50,51)/b16-13+. The van der Waals surface area contributed by atoms with Gasteiger partial charge in [-0.2, -0.15) is 4.68 Å². The Morgan fingerprint density at radius 2 is 1.77 bits per heavy atom. The first-order valence-electron chi connectivity index (χ1n) is 16.0. The van der Waals surface area contributed by atoms with Crippen LogP contribution in [-0.2, 0) is 20.7 Å². The van der Waals surface area contributed by atoms with Crippen molar-refractivity contribution in [2.45, 2.75) is 12.5 Å². The molecule has 52 heavy (non-hydrogen) atoms. The lowest BCUT2D eigenvalue weighted by molar-refractivity contribution is -0.135. The summed E-state index contributed by atoms with van der Waals surface area (Å²) >= 11 is 6.08. The van der Waals surface area contributed by atoms with Gasteiger partial charge in [-0.05, 0) is 93.7 Å². The minimum Gasteiger partial charge on any atom is -0.478 e. The summed E-state index contributed by atoms with van der Waals surface area (Å²) in [7, 11) is 1.55. The second-order valence-corrected chi connectivity index (χ2v) is 12.0. The van der Waals surface area contributed by atoms with Gasteiger partial charge >= 0.3 is 5.97 Å². The van der Waals surface area contributed by atoms with Gasteiger partial charge in [-0.3, -0.25) is 14.4 Å². The van der Waals surface area contributed by atoms with Crippen molar-refractivity contribution in [2.24, 2.45) is 0 Å². The Morgan fingerprint density at radius 3 is 2.46 bits per heavy atom. The van der Waals surface area contributed by atoms with Crippen LogP contribution in [0.4, 0.5) is 10.1 Å². The predicted molar refractivity (Wildman–Crippen MR) is 189 cm³/mol. The van der Waals surface area contributed by atoms with Crippen LogP contribution in [-0.4, -0.2) is 80.7 Å². The number of aromatic carboxylic acids is 1. The second-order valence-electron chi connectivity index (χ2n) is 11.6. The maximum Gasteiger partial charge on any atom is 0.335 e. The summed E-state index contributed by atoms with van der Waals surface area (Å²) in [4.78, 5) is 53.4. The first kappa shape index (κ1) is 35.6. The number of carboxylic acids is 1. The van der Waals surface area contributed by atoms with Gasteiger partial charge in [0, 0.05) is 43.1 Å². The third-order valence-corrected chi connectivity index (χ3v) is 8.79. The Kier molecular flexibility index (Phi) is 10.8. The van der Waals surface area contributed by atoms with E-state index < -0.39 is 29.6 Å². The number of benzene rings is 4. The molecule has 2 heterocycles. The van der Waals surface area contributed by atoms with Crippen molar-refractivity contribution in [1.82, 2.24) is 30.4 Å². The number of nitrogens with zero attached hydrogens (tertiary/aromatic N) is 5. The van der Waals surface area contributed by atoms with Gasteiger partial charge in [-0.1, -0.05) is 41.9 Å². The molecule has 15 heteroatoms. The molecule has 3 amide bonds. The van der Waals surface area contributed by atoms with Crippen molar-refractivity contribution in [1.29, 1.82) is 0 Å². The first-order valence-corrected chi connectivity index (χ1v) is 16.4. The third-order valence-electron chi connectivity index (χ3n) is 8.50. The number of carboxylic acid groups (broad SMARTS) is 1. The lowest BCUT2D eigenvalue weighted by Gasteiger charge is -2.37. The summed E-state index contributed by atoms with van der Waals surface area (Å²) < 4.78 is 21.5. The Hall–Kier alpha value is -6.25. The number of carbonyl (C=O) groups is 4. The van der Waals surface area contributed by atoms with Crippen molar-refractivity contribution < 1.29 is 33.4 Å². The molecule has 1 atom stereocenters. The van der Waals surface area contributed by atoms with Crippen molar-refractivity contribution in [2.75, 3.05) is 32.1 Å². The zero-order chi connectivity index (χ0) is 36.8. The number of rotatable bonds is 11. The molecular formula is C37H31ClFN7O6. The summed E-state index contributed by atoms with van der Waals surface area (Å²) in [5, 5.41) is 25.7. The number of hydrogen-bond donors (Lipinski definition) is 3. The molecule has 0 saturated heterocycles. The van der Waals surface area contributed by atoms with Crippen LogP contribution < -0.4 is 10.6 Å². The molecule has 1 aliphatic rings. The Bertz CT molecular complexity index is 2160. The van der Waals surface area contributed by atoms with E-state index in [4.69, 9.17) is 16.3 Å². The van der Waals surface area contributed by atoms with Crippen LogP contribution in [0.25, 0.3) is 22.9 Å². The fraction of sp³-hybridized carbons (Fsp3) is 0.162. The van der Waals surface area contributed by atoms with Gasteiger partial charge in [0.15, 0.2) is 5.82 Å². The van der Waals surface area contributed by atoms with E-state index in [2.05, 4.69) is 26.2 Å². The normalized spacial score (nSPS) is 13.8. The lowest BCUT2D eigenvalue weighted by atomic mass is 9.85. The highest BCUT2D eigenvalue weighted by atomic mass is 35.5. The van der Waals surface area contributed by atoms with E-state index in [1.165, 1.54) is 58.4 Å². The van der Waals surface area contributed by atoms with E-state index in [0.29, 0.717) is 36.4 Å². The predicted octanol–water partition coefficient (Wildman–Crippen LogP) is 4.97. The van der Waals surface area contributed by atoms with Crippen molar-refractivity contribution in [3.8, 4) is 16.8 Å². The lowest BCUT2D eigenvalue weighted by Crippen LogP contribution is -2.45. The van der Waals surface area contributed by atoms with E-state index in [1.54, 1.807) is 31.4 Å². The number of aromatic nitrogens is 4. The van der Waals surface area contributed by atoms with E-state index in [-0.39, 0.29) is 34.3 Å². The molecule has 0 radical (unpaired) electrons. The SMILES string of the molecule is COCCNC(=O)c1ccc(-c2cccc3c2CCN(C(=O)/C=C/c2c(-n4cnnn4)ccc(Cl)c2F)C3C(=O)Nc2ccc(C(=O)O)cc2)cc1. The van der Waals surface area contributed by atoms with Gasteiger partial charge < -0.3 is 25.4 Å². The number of hydrogen-bond acceptors (Lipinski definition) is 8. The minimum absolute atomic E-state index is 0.0387. The molecule has 6 rings (SSSR count). The van der Waals surface area contributed by atoms with Crippen LogP contribution in [0.3, 0.4) is 0 Å². The fourth-order valence-corrected chi connectivity index (χ4v) is 6.14. The van der Waals surface area contributed by atoms with Crippen molar-refractivity contribution >= 4 is 47.1 Å². The number of methoxy groups -OCH3 is 1. The van der Waals surface area contributed by atoms with Crippen LogP contribution in [0.2, 0.25) is 5.02 Å². The summed E-state index contributed by atoms with van der Waals surface area (Å²) in [5.74, 6) is -3.27. The topological polar surface area (TPSA) is 169 Å². The highest BCUT2D eigenvalue weighted by Gasteiger charge is 2.36. The van der Waals surface area contributed by atoms with E-state index >= 15 is 4.39 Å². The van der Waals surface area contributed by atoms with Gasteiger partial charge in [-0.15, -0.1) is 5.10 Å². The van der Waals surface area contributed by atoms with Crippen LogP contribution >= 0.6 is 11.6 Å². The molecule has 0 bridgehead atoms. The summed E-state index contributed by atoms with van der Waals surface area (Å²) in [5.41, 5.74) is 4.06. The summed E-state index contributed by atoms with van der Waals surface area (Å²) in [6.07, 6.45) is 4.08. The monoisotopic (exact) mass is 723 g/mol. The molecular weight excluding hydrogens is 693 g/mol. The summed E-state index contributed by atoms with van der Waals surface area (Å²) in [6, 6.07) is 19.9. The van der Waals surface area contributed by atoms with Gasteiger partial charge in [0.2, 0.25) is 5.91 Å². The molecule has 13 nitrogen and oxygen atoms in total. The van der Waals surface area contributed by atoms with Gasteiger partial charge in [-0.25, -0.2) is 9.18 Å². The molecule has 1 aliphatic heterocycles. The number of amides is 3. The van der Waals surface area contributed by atoms with E-state index in [9.17, 15) is 24.3 Å². The number of halogens is 2. The quantitative estimate of drug-likeness (QED) is 0.126. The fourth-order valence-electron chi connectivity index (χ4n) is 5.97. The van der Waals surface area contributed by atoms with Crippen LogP contribution in [0.5, 0.6) is 0 Å². The molecule has 1 unspecified atom stereocenters. The maximum absolute atomic E-state index is 15.3. The smallest absolute Gasteiger partial charge is 0.335 e. The molecule has 0 saturated carbocycles. The van der Waals surface area contributed by atoms with E-state index in [0.717, 1.165) is 22.8 Å². The number of anilines is 1. The molecule has 3 N–H and O–H groups in total. The number of carbonyl (C=O) groups excluding carboxylic acids is 3.